The van der Waals surface area contributed by atoms with Gasteiger partial charge in [-0.1, -0.05) is 11.8 Å². The minimum Gasteiger partial charge on any atom is -0.302 e. The molecule has 0 atom stereocenters. The van der Waals surface area contributed by atoms with E-state index >= 15 is 0 Å². The van der Waals surface area contributed by atoms with Gasteiger partial charge in [-0.05, 0) is 24.3 Å². The lowest BCUT2D eigenvalue weighted by Gasteiger charge is -2.08. The summed E-state index contributed by atoms with van der Waals surface area (Å²) in [4.78, 5) is 23.3. The fourth-order valence-corrected chi connectivity index (χ4v) is 2.36. The van der Waals surface area contributed by atoms with Gasteiger partial charge in [0.2, 0.25) is 11.7 Å². The Bertz CT molecular complexity index is 776. The monoisotopic (exact) mass is 377 g/mol. The molecule has 0 unspecified atom stereocenters. The van der Waals surface area contributed by atoms with Crippen LogP contribution in [0.25, 0.3) is 0 Å². The number of aromatic nitrogens is 3. The van der Waals surface area contributed by atoms with E-state index in [0.717, 1.165) is 35.5 Å². The zero-order valence-corrected chi connectivity index (χ0v) is 13.4. The quantitative estimate of drug-likeness (QED) is 0.479. The van der Waals surface area contributed by atoms with Crippen molar-refractivity contribution in [1.82, 2.24) is 25.6 Å². The summed E-state index contributed by atoms with van der Waals surface area (Å²) in [6, 6.07) is 4.62. The summed E-state index contributed by atoms with van der Waals surface area (Å²) in [6.45, 7) is 0. The zero-order valence-electron chi connectivity index (χ0n) is 12.6. The Morgan fingerprint density at radius 3 is 2.36 bits per heavy atom. The van der Waals surface area contributed by atoms with E-state index in [0.29, 0.717) is 0 Å². The van der Waals surface area contributed by atoms with Crippen LogP contribution in [0.5, 0.6) is 0 Å². The van der Waals surface area contributed by atoms with Gasteiger partial charge in [0.15, 0.2) is 5.16 Å². The Morgan fingerprint density at radius 1 is 1.16 bits per heavy atom. The zero-order chi connectivity index (χ0) is 18.6. The van der Waals surface area contributed by atoms with Gasteiger partial charge in [-0.15, -0.1) is 10.2 Å². The molecular weight excluding hydrogens is 366 g/mol. The first kappa shape index (κ1) is 18.7. The lowest BCUT2D eigenvalue weighted by molar-refractivity contribution is -0.147. The average molecular weight is 377 g/mol. The number of thioether (sulfide) groups is 1. The van der Waals surface area contributed by atoms with E-state index in [1.807, 2.05) is 0 Å². The first-order chi connectivity index (χ1) is 11.7. The third kappa shape index (κ3) is 4.92. The normalized spacial score (nSPS) is 11.2. The van der Waals surface area contributed by atoms with Crippen LogP contribution in [0, 0.1) is 5.82 Å². The van der Waals surface area contributed by atoms with E-state index in [2.05, 4.69) is 21.0 Å². The maximum absolute atomic E-state index is 12.7. The van der Waals surface area contributed by atoms with Gasteiger partial charge in [0.1, 0.15) is 5.82 Å². The Balaban J connectivity index is 1.84. The Labute approximate surface area is 142 Å². The molecule has 0 fully saturated rings. The van der Waals surface area contributed by atoms with Gasteiger partial charge in [-0.25, -0.2) is 4.39 Å². The molecule has 134 valence electrons. The summed E-state index contributed by atoms with van der Waals surface area (Å²) in [6.07, 6.45) is -4.65. The van der Waals surface area contributed by atoms with Crippen LogP contribution >= 0.6 is 11.8 Å². The third-order valence-corrected chi connectivity index (χ3v) is 3.86. The second kappa shape index (κ2) is 7.51. The largest absolute Gasteiger partial charge is 0.451 e. The van der Waals surface area contributed by atoms with Crippen LogP contribution in [0.3, 0.4) is 0 Å². The molecule has 0 aliphatic heterocycles. The molecule has 2 aromatic rings. The third-order valence-electron chi connectivity index (χ3n) is 2.84. The predicted octanol–water partition coefficient (Wildman–Crippen LogP) is 1.53. The average Bonchev–Trinajstić information content (AvgIpc) is 2.92. The number of hydrogen-bond donors (Lipinski definition) is 2. The van der Waals surface area contributed by atoms with Crippen LogP contribution in [0.1, 0.15) is 16.2 Å². The number of benzene rings is 1. The lowest BCUT2D eigenvalue weighted by atomic mass is 10.2. The van der Waals surface area contributed by atoms with Crippen molar-refractivity contribution in [2.45, 2.75) is 11.3 Å². The van der Waals surface area contributed by atoms with Crippen molar-refractivity contribution < 1.29 is 27.2 Å². The van der Waals surface area contributed by atoms with Crippen LogP contribution in [0.2, 0.25) is 0 Å². The maximum atomic E-state index is 12.7. The van der Waals surface area contributed by atoms with Gasteiger partial charge in [-0.3, -0.25) is 20.4 Å². The molecule has 0 aliphatic rings. The van der Waals surface area contributed by atoms with Crippen molar-refractivity contribution in [2.75, 3.05) is 5.75 Å². The molecule has 7 nitrogen and oxygen atoms in total. The SMILES string of the molecule is Cn1c(SCC(=O)NNC(=O)c2ccc(F)cc2)nnc1C(F)(F)F. The summed E-state index contributed by atoms with van der Waals surface area (Å²) >= 11 is 0.718. The molecule has 0 spiro atoms. The second-order valence-corrected chi connectivity index (χ2v) is 5.60. The van der Waals surface area contributed by atoms with E-state index in [1.165, 1.54) is 12.1 Å². The van der Waals surface area contributed by atoms with Crippen LogP contribution in [0.15, 0.2) is 29.4 Å². The van der Waals surface area contributed by atoms with Gasteiger partial charge in [0.25, 0.3) is 5.91 Å². The highest BCUT2D eigenvalue weighted by Gasteiger charge is 2.37. The van der Waals surface area contributed by atoms with Gasteiger partial charge in [-0.2, -0.15) is 13.2 Å². The Morgan fingerprint density at radius 2 is 1.80 bits per heavy atom. The minimum absolute atomic E-state index is 0.104. The number of amides is 2. The lowest BCUT2D eigenvalue weighted by Crippen LogP contribution is -2.42. The van der Waals surface area contributed by atoms with Crippen molar-refractivity contribution in [2.24, 2.45) is 7.05 Å². The molecule has 0 saturated heterocycles. The molecule has 0 radical (unpaired) electrons. The molecule has 25 heavy (non-hydrogen) atoms. The van der Waals surface area contributed by atoms with Crippen molar-refractivity contribution in [3.63, 3.8) is 0 Å². The molecule has 0 bridgehead atoms. The molecule has 0 aliphatic carbocycles. The van der Waals surface area contributed by atoms with E-state index in [-0.39, 0.29) is 16.5 Å². The van der Waals surface area contributed by atoms with E-state index in [4.69, 9.17) is 0 Å². The molecule has 2 N–H and O–H groups in total. The fraction of sp³-hybridized carbons (Fsp3) is 0.231. The topological polar surface area (TPSA) is 88.9 Å². The number of hydrogen-bond acceptors (Lipinski definition) is 5. The Hall–Kier alpha value is -2.63. The molecular formula is C13H11F4N5O2S. The molecule has 1 aromatic heterocycles. The summed E-state index contributed by atoms with van der Waals surface area (Å²) < 4.78 is 51.2. The molecule has 2 amide bonds. The Kier molecular flexibility index (Phi) is 5.62. The molecule has 1 heterocycles. The van der Waals surface area contributed by atoms with Gasteiger partial charge >= 0.3 is 6.18 Å². The van der Waals surface area contributed by atoms with Crippen LogP contribution in [0.4, 0.5) is 17.6 Å². The van der Waals surface area contributed by atoms with Crippen LogP contribution < -0.4 is 10.9 Å². The van der Waals surface area contributed by atoms with E-state index in [1.54, 1.807) is 0 Å². The van der Waals surface area contributed by atoms with Crippen molar-refractivity contribution >= 4 is 23.6 Å². The predicted molar refractivity (Wildman–Crippen MR) is 78.7 cm³/mol. The number of nitrogens with one attached hydrogen (secondary N) is 2. The van der Waals surface area contributed by atoms with Crippen LogP contribution in [-0.2, 0) is 18.0 Å². The number of hydrazine groups is 1. The van der Waals surface area contributed by atoms with Gasteiger partial charge in [0.05, 0.1) is 5.75 Å². The number of alkyl halides is 3. The molecule has 0 saturated carbocycles. The number of rotatable bonds is 4. The fourth-order valence-electron chi connectivity index (χ4n) is 1.65. The minimum atomic E-state index is -4.65. The second-order valence-electron chi connectivity index (χ2n) is 4.66. The highest BCUT2D eigenvalue weighted by Crippen LogP contribution is 2.29. The van der Waals surface area contributed by atoms with Crippen molar-refractivity contribution in [3.05, 3.63) is 41.5 Å². The maximum Gasteiger partial charge on any atom is 0.451 e. The number of nitrogens with zero attached hydrogens (tertiary/aromatic N) is 3. The summed E-state index contributed by atoms with van der Waals surface area (Å²) in [5.41, 5.74) is 4.31. The van der Waals surface area contributed by atoms with Crippen LogP contribution in [-0.4, -0.2) is 32.3 Å². The van der Waals surface area contributed by atoms with Crippen molar-refractivity contribution in [1.29, 1.82) is 0 Å². The van der Waals surface area contributed by atoms with Gasteiger partial charge < -0.3 is 4.57 Å². The summed E-state index contributed by atoms with van der Waals surface area (Å²) in [5.74, 6) is -3.33. The standard InChI is InChI=1S/C13H11F4N5O2S/c1-22-11(13(15,16)17)20-21-12(22)25-6-9(23)18-19-10(24)7-2-4-8(14)5-3-7/h2-5H,6H2,1H3,(H,18,23)(H,19,24). The summed E-state index contributed by atoms with van der Waals surface area (Å²) in [7, 11) is 1.12. The smallest absolute Gasteiger partial charge is 0.302 e. The molecule has 2 rings (SSSR count). The first-order valence-corrected chi connectivity index (χ1v) is 7.61. The number of halogens is 4. The highest BCUT2D eigenvalue weighted by molar-refractivity contribution is 7.99. The van der Waals surface area contributed by atoms with Gasteiger partial charge in [0, 0.05) is 12.6 Å². The highest BCUT2D eigenvalue weighted by atomic mass is 32.2. The van der Waals surface area contributed by atoms with E-state index < -0.39 is 29.6 Å². The van der Waals surface area contributed by atoms with Crippen molar-refractivity contribution in [3.8, 4) is 0 Å². The first-order valence-electron chi connectivity index (χ1n) is 6.62. The number of carbonyl (C=O) groups is 2. The number of carbonyl (C=O) groups excluding carboxylic acids is 2. The molecule has 12 heteroatoms. The molecule has 1 aromatic carbocycles. The van der Waals surface area contributed by atoms with E-state index in [9.17, 15) is 27.2 Å². The summed E-state index contributed by atoms with van der Waals surface area (Å²) in [5, 5.41) is 6.27.